The summed E-state index contributed by atoms with van der Waals surface area (Å²) >= 11 is 0. The van der Waals surface area contributed by atoms with Crippen molar-refractivity contribution < 1.29 is 31.9 Å². The first-order chi connectivity index (χ1) is 17.3. The standard InChI is InChI=1S/C23H32O2.2C6H5.Ti/c1-14-9-16(20(24)18(11-14)22(3,4)5)13-17-10-15(2)12-19(21(17)25)23(6,7)8;2*1-2-4-6-5-3-1;/h9-12,24-25H,13H2,1-8H3;2*1-5H;/q;2*-1;+4/p-2. The molecule has 0 atom stereocenters. The van der Waals surface area contributed by atoms with Crippen molar-refractivity contribution in [3.8, 4) is 11.5 Å². The Balaban J connectivity index is 0.000000451. The molecule has 0 saturated heterocycles. The monoisotopic (exact) mass is 540 g/mol. The maximum atomic E-state index is 12.9. The van der Waals surface area contributed by atoms with Gasteiger partial charge in [0.1, 0.15) is 0 Å². The Morgan fingerprint density at radius 1 is 0.553 bits per heavy atom. The second-order valence-electron chi connectivity index (χ2n) is 11.4. The van der Waals surface area contributed by atoms with Gasteiger partial charge in [-0.3, -0.25) is 0 Å². The van der Waals surface area contributed by atoms with Crippen molar-refractivity contribution in [2.45, 2.75) is 72.6 Å². The van der Waals surface area contributed by atoms with Crippen molar-refractivity contribution in [3.05, 3.63) is 130 Å². The SMILES string of the molecule is Cc1cc(Cc2cc(C)cc(C(C)(C)C)c2[O-])c([O-])c(C(C)(C)C)c1.[Ti+4].[c-]1ccccc1.[c-]1ccccc1. The molecule has 4 aromatic rings. The van der Waals surface area contributed by atoms with Crippen molar-refractivity contribution in [3.63, 3.8) is 0 Å². The minimum atomic E-state index is -0.207. The average Bonchev–Trinajstić information content (AvgIpc) is 2.85. The number of hydrogen-bond donors (Lipinski definition) is 0. The van der Waals surface area contributed by atoms with Crippen LogP contribution in [0.5, 0.6) is 11.5 Å². The van der Waals surface area contributed by atoms with Crippen molar-refractivity contribution in [1.29, 1.82) is 0 Å². The Morgan fingerprint density at radius 3 is 1.08 bits per heavy atom. The van der Waals surface area contributed by atoms with Crippen molar-refractivity contribution in [2.24, 2.45) is 0 Å². The summed E-state index contributed by atoms with van der Waals surface area (Å²) in [5, 5.41) is 25.9. The van der Waals surface area contributed by atoms with Crippen LogP contribution >= 0.6 is 0 Å². The van der Waals surface area contributed by atoms with Gasteiger partial charge in [0.25, 0.3) is 0 Å². The number of benzene rings is 4. The van der Waals surface area contributed by atoms with Gasteiger partial charge in [-0.15, -0.1) is 11.5 Å². The summed E-state index contributed by atoms with van der Waals surface area (Å²) in [6.45, 7) is 16.3. The third kappa shape index (κ3) is 10.5. The molecule has 3 heteroatoms. The minimum Gasteiger partial charge on any atom is -0.872 e. The molecule has 0 heterocycles. The van der Waals surface area contributed by atoms with Gasteiger partial charge in [0.15, 0.2) is 0 Å². The molecular weight excluding hydrogens is 500 g/mol. The third-order valence-corrected chi connectivity index (χ3v) is 5.83. The fraction of sp³-hybridized carbons (Fsp3) is 0.314. The molecule has 0 saturated carbocycles. The summed E-state index contributed by atoms with van der Waals surface area (Å²) in [4.78, 5) is 0. The van der Waals surface area contributed by atoms with E-state index >= 15 is 0 Å². The summed E-state index contributed by atoms with van der Waals surface area (Å²) in [7, 11) is 0. The van der Waals surface area contributed by atoms with Gasteiger partial charge in [-0.25, -0.2) is 0 Å². The van der Waals surface area contributed by atoms with E-state index in [2.05, 4.69) is 53.7 Å². The zero-order chi connectivity index (χ0) is 27.6. The Bertz CT molecular complexity index is 1080. The first-order valence-corrected chi connectivity index (χ1v) is 12.7. The van der Waals surface area contributed by atoms with Crippen LogP contribution in [0.3, 0.4) is 0 Å². The Kier molecular flexibility index (Phi) is 13.1. The van der Waals surface area contributed by atoms with Crippen molar-refractivity contribution >= 4 is 0 Å². The minimum absolute atomic E-state index is 0. The Labute approximate surface area is 245 Å². The number of aryl methyl sites for hydroxylation is 2. The van der Waals surface area contributed by atoms with E-state index in [4.69, 9.17) is 0 Å². The molecule has 0 bridgehead atoms. The van der Waals surface area contributed by atoms with Gasteiger partial charge in [0.05, 0.1) is 0 Å². The molecule has 0 fully saturated rings. The van der Waals surface area contributed by atoms with E-state index < -0.39 is 0 Å². The first-order valence-electron chi connectivity index (χ1n) is 12.7. The van der Waals surface area contributed by atoms with Crippen LogP contribution in [-0.2, 0) is 39.0 Å². The van der Waals surface area contributed by atoms with Crippen molar-refractivity contribution in [2.75, 3.05) is 0 Å². The molecule has 0 aromatic heterocycles. The predicted molar refractivity (Wildman–Crippen MR) is 152 cm³/mol. The van der Waals surface area contributed by atoms with Gasteiger partial charge in [0, 0.05) is 0 Å². The van der Waals surface area contributed by atoms with E-state index in [0.717, 1.165) is 22.3 Å². The summed E-state index contributed by atoms with van der Waals surface area (Å²) in [5.74, 6) is 0.132. The summed E-state index contributed by atoms with van der Waals surface area (Å²) in [6, 6.07) is 32.8. The summed E-state index contributed by atoms with van der Waals surface area (Å²) in [5.41, 5.74) is 4.78. The van der Waals surface area contributed by atoms with Crippen LogP contribution < -0.4 is 10.2 Å². The van der Waals surface area contributed by atoms with Crippen LogP contribution in [0.1, 0.15) is 74.9 Å². The van der Waals surface area contributed by atoms with Gasteiger partial charge in [-0.2, -0.15) is 72.8 Å². The second-order valence-corrected chi connectivity index (χ2v) is 11.4. The molecule has 0 radical (unpaired) electrons. The molecule has 4 rings (SSSR count). The zero-order valence-corrected chi connectivity index (χ0v) is 25.7. The summed E-state index contributed by atoms with van der Waals surface area (Å²) in [6.07, 6.45) is 0.396. The fourth-order valence-corrected chi connectivity index (χ4v) is 3.96. The maximum absolute atomic E-state index is 12.9. The molecule has 2 nitrogen and oxygen atoms in total. The van der Waals surface area contributed by atoms with E-state index in [9.17, 15) is 10.2 Å². The molecule has 0 aliphatic carbocycles. The van der Waals surface area contributed by atoms with E-state index in [1.165, 1.54) is 0 Å². The molecule has 196 valence electrons. The Hall–Kier alpha value is -2.81. The molecule has 0 N–H and O–H groups in total. The smallest absolute Gasteiger partial charge is 0.872 e. The number of rotatable bonds is 2. The fourth-order valence-electron chi connectivity index (χ4n) is 3.96. The third-order valence-electron chi connectivity index (χ3n) is 5.83. The number of hydrogen-bond acceptors (Lipinski definition) is 2. The first kappa shape index (κ1) is 33.2. The molecule has 0 aliphatic heterocycles. The average molecular weight is 541 g/mol. The van der Waals surface area contributed by atoms with Crippen LogP contribution in [0, 0.1) is 26.0 Å². The summed E-state index contributed by atoms with van der Waals surface area (Å²) < 4.78 is 0. The van der Waals surface area contributed by atoms with Gasteiger partial charge in [0.2, 0.25) is 0 Å². The molecule has 0 unspecified atom stereocenters. The molecule has 0 amide bonds. The zero-order valence-electron chi connectivity index (χ0n) is 24.1. The largest absolute Gasteiger partial charge is 4.00 e. The molecule has 0 aliphatic rings. The van der Waals surface area contributed by atoms with Crippen LogP contribution in [0.15, 0.2) is 84.9 Å². The van der Waals surface area contributed by atoms with Gasteiger partial charge < -0.3 is 10.2 Å². The molecule has 4 aromatic carbocycles. The van der Waals surface area contributed by atoms with Gasteiger partial charge in [-0.1, -0.05) is 88.1 Å². The molecule has 0 spiro atoms. The predicted octanol–water partition coefficient (Wildman–Crippen LogP) is 7.61. The molecular formula is C35H40O2Ti. The molecule has 38 heavy (non-hydrogen) atoms. The van der Waals surface area contributed by atoms with E-state index in [1.54, 1.807) is 0 Å². The van der Waals surface area contributed by atoms with Crippen LogP contribution in [-0.4, -0.2) is 0 Å². The van der Waals surface area contributed by atoms with E-state index in [0.29, 0.717) is 17.5 Å². The van der Waals surface area contributed by atoms with Gasteiger partial charge in [-0.05, 0) is 42.2 Å². The van der Waals surface area contributed by atoms with E-state index in [-0.39, 0.29) is 44.0 Å². The van der Waals surface area contributed by atoms with Crippen LogP contribution in [0.4, 0.5) is 0 Å². The van der Waals surface area contributed by atoms with E-state index in [1.807, 2.05) is 98.8 Å². The van der Waals surface area contributed by atoms with Crippen LogP contribution in [0.25, 0.3) is 0 Å². The second kappa shape index (κ2) is 15.0. The van der Waals surface area contributed by atoms with Crippen LogP contribution in [0.2, 0.25) is 0 Å². The normalized spacial score (nSPS) is 10.7. The van der Waals surface area contributed by atoms with Gasteiger partial charge >= 0.3 is 21.7 Å². The maximum Gasteiger partial charge on any atom is 4.00 e. The van der Waals surface area contributed by atoms with Crippen molar-refractivity contribution in [1.82, 2.24) is 0 Å². The quantitative estimate of drug-likeness (QED) is 0.194. The topological polar surface area (TPSA) is 46.1 Å². The Morgan fingerprint density at radius 2 is 0.868 bits per heavy atom.